The number of pyridine rings is 1. The summed E-state index contributed by atoms with van der Waals surface area (Å²) in [5, 5.41) is 3.49. The highest BCUT2D eigenvalue weighted by Gasteiger charge is 2.09. The number of rotatable bonds is 8. The second-order valence-electron chi connectivity index (χ2n) is 5.08. The molecule has 3 nitrogen and oxygen atoms in total. The standard InChI is InChI=1S/C14H24BrN3S/c1-11(2)8-16-9-12-7-13(15)10-17-14(12)18(3)5-6-19-4/h7,10-11,16H,5-6,8-9H2,1-4H3. The van der Waals surface area contributed by atoms with E-state index >= 15 is 0 Å². The average Bonchev–Trinajstić information content (AvgIpc) is 2.35. The van der Waals surface area contributed by atoms with Gasteiger partial charge in [0.05, 0.1) is 0 Å². The maximum absolute atomic E-state index is 4.56. The Morgan fingerprint density at radius 1 is 1.47 bits per heavy atom. The molecule has 108 valence electrons. The van der Waals surface area contributed by atoms with E-state index < -0.39 is 0 Å². The van der Waals surface area contributed by atoms with Crippen LogP contribution < -0.4 is 10.2 Å². The summed E-state index contributed by atoms with van der Waals surface area (Å²) in [5.41, 5.74) is 1.25. The van der Waals surface area contributed by atoms with Gasteiger partial charge in [-0.15, -0.1) is 0 Å². The Balaban J connectivity index is 2.73. The summed E-state index contributed by atoms with van der Waals surface area (Å²) in [6, 6.07) is 2.16. The molecule has 0 bridgehead atoms. The molecule has 1 heterocycles. The lowest BCUT2D eigenvalue weighted by Crippen LogP contribution is -2.25. The van der Waals surface area contributed by atoms with Crippen molar-refractivity contribution in [3.63, 3.8) is 0 Å². The van der Waals surface area contributed by atoms with Gasteiger partial charge in [-0.3, -0.25) is 0 Å². The lowest BCUT2D eigenvalue weighted by atomic mass is 10.2. The monoisotopic (exact) mass is 345 g/mol. The molecular weight excluding hydrogens is 322 g/mol. The summed E-state index contributed by atoms with van der Waals surface area (Å²) < 4.78 is 1.04. The molecule has 1 aromatic heterocycles. The average molecular weight is 346 g/mol. The van der Waals surface area contributed by atoms with Crippen molar-refractivity contribution in [2.75, 3.05) is 37.0 Å². The van der Waals surface area contributed by atoms with Crippen LogP contribution in [0.4, 0.5) is 5.82 Å². The summed E-state index contributed by atoms with van der Waals surface area (Å²) in [6.45, 7) is 7.35. The van der Waals surface area contributed by atoms with E-state index in [2.05, 4.69) is 64.3 Å². The van der Waals surface area contributed by atoms with E-state index in [1.807, 2.05) is 18.0 Å². The molecule has 0 aliphatic carbocycles. The van der Waals surface area contributed by atoms with Crippen LogP contribution in [0.1, 0.15) is 19.4 Å². The molecule has 0 saturated heterocycles. The SMILES string of the molecule is CSCCN(C)c1ncc(Br)cc1CNCC(C)C. The van der Waals surface area contributed by atoms with Crippen molar-refractivity contribution in [3.05, 3.63) is 22.3 Å². The number of nitrogens with zero attached hydrogens (tertiary/aromatic N) is 2. The topological polar surface area (TPSA) is 28.2 Å². The maximum Gasteiger partial charge on any atom is 0.132 e. The van der Waals surface area contributed by atoms with Gasteiger partial charge in [0.1, 0.15) is 5.82 Å². The minimum Gasteiger partial charge on any atom is -0.359 e. The van der Waals surface area contributed by atoms with Gasteiger partial charge in [0.25, 0.3) is 0 Å². The van der Waals surface area contributed by atoms with Gasteiger partial charge in [-0.05, 0) is 40.7 Å². The zero-order chi connectivity index (χ0) is 14.3. The molecule has 0 saturated carbocycles. The predicted octanol–water partition coefficient (Wildman–Crippen LogP) is 3.39. The van der Waals surface area contributed by atoms with Gasteiger partial charge in [-0.1, -0.05) is 13.8 Å². The minimum atomic E-state index is 0.665. The summed E-state index contributed by atoms with van der Waals surface area (Å²) in [7, 11) is 2.11. The Bertz CT molecular complexity index is 385. The third kappa shape index (κ3) is 6.15. The first-order chi connectivity index (χ1) is 9.04. The van der Waals surface area contributed by atoms with E-state index in [9.17, 15) is 0 Å². The molecule has 0 spiro atoms. The van der Waals surface area contributed by atoms with Crippen molar-refractivity contribution in [1.82, 2.24) is 10.3 Å². The molecule has 0 fully saturated rings. The van der Waals surface area contributed by atoms with Crippen LogP contribution >= 0.6 is 27.7 Å². The minimum absolute atomic E-state index is 0.665. The summed E-state index contributed by atoms with van der Waals surface area (Å²) in [6.07, 6.45) is 4.00. The quantitative estimate of drug-likeness (QED) is 0.781. The third-order valence-corrected chi connectivity index (χ3v) is 3.79. The number of hydrogen-bond donors (Lipinski definition) is 1. The first-order valence-corrected chi connectivity index (χ1v) is 8.78. The van der Waals surface area contributed by atoms with Crippen LogP contribution in [-0.4, -0.2) is 37.1 Å². The van der Waals surface area contributed by atoms with Gasteiger partial charge < -0.3 is 10.2 Å². The Morgan fingerprint density at radius 3 is 2.84 bits per heavy atom. The molecular formula is C14H24BrN3S. The van der Waals surface area contributed by atoms with Crippen molar-refractivity contribution in [2.45, 2.75) is 20.4 Å². The van der Waals surface area contributed by atoms with Crippen LogP contribution in [0.3, 0.4) is 0 Å². The lowest BCUT2D eigenvalue weighted by molar-refractivity contribution is 0.551. The second kappa shape index (κ2) is 8.82. The number of halogens is 1. The fraction of sp³-hybridized carbons (Fsp3) is 0.643. The molecule has 0 radical (unpaired) electrons. The second-order valence-corrected chi connectivity index (χ2v) is 6.98. The number of anilines is 1. The van der Waals surface area contributed by atoms with Crippen LogP contribution in [0, 0.1) is 5.92 Å². The van der Waals surface area contributed by atoms with Crippen LogP contribution in [0.5, 0.6) is 0 Å². The Labute approximate surface area is 129 Å². The molecule has 1 aromatic rings. The molecule has 0 atom stereocenters. The van der Waals surface area contributed by atoms with Gasteiger partial charge in [0.2, 0.25) is 0 Å². The molecule has 0 aliphatic heterocycles. The molecule has 0 aromatic carbocycles. The number of thioether (sulfide) groups is 1. The van der Waals surface area contributed by atoms with Crippen molar-refractivity contribution >= 4 is 33.5 Å². The summed E-state index contributed by atoms with van der Waals surface area (Å²) in [4.78, 5) is 6.79. The van der Waals surface area contributed by atoms with Crippen molar-refractivity contribution in [1.29, 1.82) is 0 Å². The van der Waals surface area contributed by atoms with Crippen LogP contribution in [0.15, 0.2) is 16.7 Å². The van der Waals surface area contributed by atoms with E-state index in [0.29, 0.717) is 5.92 Å². The van der Waals surface area contributed by atoms with Crippen molar-refractivity contribution in [3.8, 4) is 0 Å². The fourth-order valence-electron chi connectivity index (χ4n) is 1.78. The molecule has 5 heteroatoms. The van der Waals surface area contributed by atoms with E-state index in [0.717, 1.165) is 35.7 Å². The van der Waals surface area contributed by atoms with E-state index in [1.165, 1.54) is 5.56 Å². The predicted molar refractivity (Wildman–Crippen MR) is 90.1 cm³/mol. The zero-order valence-electron chi connectivity index (χ0n) is 12.2. The third-order valence-electron chi connectivity index (χ3n) is 2.77. The highest BCUT2D eigenvalue weighted by atomic mass is 79.9. The molecule has 19 heavy (non-hydrogen) atoms. The summed E-state index contributed by atoms with van der Waals surface area (Å²) in [5.74, 6) is 2.86. The Morgan fingerprint density at radius 2 is 2.21 bits per heavy atom. The highest BCUT2D eigenvalue weighted by molar-refractivity contribution is 9.10. The van der Waals surface area contributed by atoms with E-state index in [1.54, 1.807) is 0 Å². The number of hydrogen-bond acceptors (Lipinski definition) is 4. The van der Waals surface area contributed by atoms with E-state index in [4.69, 9.17) is 0 Å². The van der Waals surface area contributed by atoms with Gasteiger partial charge in [-0.25, -0.2) is 4.98 Å². The summed E-state index contributed by atoms with van der Waals surface area (Å²) >= 11 is 5.37. The number of nitrogens with one attached hydrogen (secondary N) is 1. The lowest BCUT2D eigenvalue weighted by Gasteiger charge is -2.21. The van der Waals surface area contributed by atoms with Crippen LogP contribution in [-0.2, 0) is 6.54 Å². The highest BCUT2D eigenvalue weighted by Crippen LogP contribution is 2.21. The smallest absolute Gasteiger partial charge is 0.132 e. The Hall–Kier alpha value is -0.260. The Kier molecular flexibility index (Phi) is 7.80. The first-order valence-electron chi connectivity index (χ1n) is 6.59. The normalized spacial score (nSPS) is 11.1. The zero-order valence-corrected chi connectivity index (χ0v) is 14.6. The molecule has 0 aliphatic rings. The molecule has 1 N–H and O–H groups in total. The van der Waals surface area contributed by atoms with Gasteiger partial charge in [-0.2, -0.15) is 11.8 Å². The first kappa shape index (κ1) is 16.8. The molecule has 1 rings (SSSR count). The number of aromatic nitrogens is 1. The van der Waals surface area contributed by atoms with Gasteiger partial charge in [0, 0.05) is 42.1 Å². The van der Waals surface area contributed by atoms with Crippen molar-refractivity contribution < 1.29 is 0 Å². The molecule has 0 amide bonds. The fourth-order valence-corrected chi connectivity index (χ4v) is 2.61. The van der Waals surface area contributed by atoms with Crippen molar-refractivity contribution in [2.24, 2.45) is 5.92 Å². The van der Waals surface area contributed by atoms with Gasteiger partial charge in [0.15, 0.2) is 0 Å². The largest absolute Gasteiger partial charge is 0.359 e. The van der Waals surface area contributed by atoms with E-state index in [-0.39, 0.29) is 0 Å². The van der Waals surface area contributed by atoms with Gasteiger partial charge >= 0.3 is 0 Å². The maximum atomic E-state index is 4.56. The van der Waals surface area contributed by atoms with Crippen LogP contribution in [0.25, 0.3) is 0 Å². The molecule has 0 unspecified atom stereocenters. The van der Waals surface area contributed by atoms with Crippen LogP contribution in [0.2, 0.25) is 0 Å².